The first-order chi connectivity index (χ1) is 17.5. The SMILES string of the molecule is CC[C@H](C(=O)NC1CCCCC1)N(Cc1c(Cl)cccc1Cl)C(=O)CN(c1cccc(Br)c1)S(C)(=O)=O. The average Bonchev–Trinajstić information content (AvgIpc) is 2.84. The first-order valence-corrected chi connectivity index (χ1v) is 15.7. The van der Waals surface area contributed by atoms with Crippen molar-refractivity contribution in [2.45, 2.75) is 64.1 Å². The molecule has 0 unspecified atom stereocenters. The highest BCUT2D eigenvalue weighted by Gasteiger charge is 2.33. The van der Waals surface area contributed by atoms with E-state index in [4.69, 9.17) is 23.2 Å². The van der Waals surface area contributed by atoms with Gasteiger partial charge in [0.15, 0.2) is 0 Å². The number of sulfonamides is 1. The summed E-state index contributed by atoms with van der Waals surface area (Å²) in [5.74, 6) is -0.800. The number of benzene rings is 2. The van der Waals surface area contributed by atoms with Crippen molar-refractivity contribution < 1.29 is 18.0 Å². The van der Waals surface area contributed by atoms with E-state index in [1.54, 1.807) is 42.5 Å². The molecule has 1 fully saturated rings. The molecule has 2 aromatic carbocycles. The molecule has 7 nitrogen and oxygen atoms in total. The highest BCUT2D eigenvalue weighted by atomic mass is 79.9. The van der Waals surface area contributed by atoms with Crippen molar-refractivity contribution in [2.75, 3.05) is 17.1 Å². The van der Waals surface area contributed by atoms with Gasteiger partial charge in [0.05, 0.1) is 11.9 Å². The molecule has 0 radical (unpaired) electrons. The quantitative estimate of drug-likeness (QED) is 0.360. The largest absolute Gasteiger partial charge is 0.352 e. The maximum atomic E-state index is 13.8. The first kappa shape index (κ1) is 29.7. The fraction of sp³-hybridized carbons (Fsp3) is 0.462. The number of rotatable bonds is 10. The lowest BCUT2D eigenvalue weighted by Gasteiger charge is -2.34. The van der Waals surface area contributed by atoms with Crippen LogP contribution in [0.5, 0.6) is 0 Å². The van der Waals surface area contributed by atoms with Gasteiger partial charge >= 0.3 is 0 Å². The summed E-state index contributed by atoms with van der Waals surface area (Å²) >= 11 is 16.2. The third-order valence-electron chi connectivity index (χ3n) is 6.50. The zero-order valence-corrected chi connectivity index (χ0v) is 24.8. The normalized spacial score (nSPS) is 15.2. The second-order valence-electron chi connectivity index (χ2n) is 9.24. The number of carbonyl (C=O) groups is 2. The van der Waals surface area contributed by atoms with E-state index in [1.807, 2.05) is 6.92 Å². The molecule has 11 heteroatoms. The van der Waals surface area contributed by atoms with Crippen molar-refractivity contribution in [1.82, 2.24) is 10.2 Å². The highest BCUT2D eigenvalue weighted by Crippen LogP contribution is 2.28. The molecular formula is C26H32BrCl2N3O4S. The van der Waals surface area contributed by atoms with E-state index in [-0.39, 0.29) is 18.5 Å². The minimum absolute atomic E-state index is 0.0377. The zero-order valence-electron chi connectivity index (χ0n) is 20.9. The summed E-state index contributed by atoms with van der Waals surface area (Å²) < 4.78 is 27.1. The van der Waals surface area contributed by atoms with E-state index in [0.717, 1.165) is 42.7 Å². The van der Waals surface area contributed by atoms with Crippen LogP contribution in [-0.4, -0.2) is 50.0 Å². The Balaban J connectivity index is 1.96. The molecule has 0 aliphatic heterocycles. The van der Waals surface area contributed by atoms with Crippen LogP contribution in [0.15, 0.2) is 46.9 Å². The zero-order chi connectivity index (χ0) is 27.2. The van der Waals surface area contributed by atoms with Crippen LogP contribution in [0.4, 0.5) is 5.69 Å². The van der Waals surface area contributed by atoms with Gasteiger partial charge in [0.1, 0.15) is 12.6 Å². The molecule has 202 valence electrons. The van der Waals surface area contributed by atoms with Crippen molar-refractivity contribution in [1.29, 1.82) is 0 Å². The predicted molar refractivity (Wildman–Crippen MR) is 152 cm³/mol. The van der Waals surface area contributed by atoms with E-state index in [1.165, 1.54) is 4.90 Å². The number of halogens is 3. The van der Waals surface area contributed by atoms with Gasteiger partial charge in [0.2, 0.25) is 21.8 Å². The second kappa shape index (κ2) is 13.3. The van der Waals surface area contributed by atoms with Crippen LogP contribution in [0.1, 0.15) is 51.0 Å². The summed E-state index contributed by atoms with van der Waals surface area (Å²) in [5, 5.41) is 3.83. The van der Waals surface area contributed by atoms with Gasteiger partial charge in [-0.1, -0.05) is 77.5 Å². The fourth-order valence-corrected chi connectivity index (χ4v) is 6.31. The number of carbonyl (C=O) groups excluding carboxylic acids is 2. The molecule has 37 heavy (non-hydrogen) atoms. The van der Waals surface area contributed by atoms with E-state index in [2.05, 4.69) is 21.2 Å². The summed E-state index contributed by atoms with van der Waals surface area (Å²) in [7, 11) is -3.82. The van der Waals surface area contributed by atoms with Crippen LogP contribution < -0.4 is 9.62 Å². The first-order valence-electron chi connectivity index (χ1n) is 12.3. The minimum Gasteiger partial charge on any atom is -0.352 e. The summed E-state index contributed by atoms with van der Waals surface area (Å²) in [6.07, 6.45) is 6.43. The molecule has 2 aromatic rings. The van der Waals surface area contributed by atoms with Gasteiger partial charge < -0.3 is 10.2 Å². The van der Waals surface area contributed by atoms with Crippen LogP contribution in [0.25, 0.3) is 0 Å². The molecular weight excluding hydrogens is 601 g/mol. The lowest BCUT2D eigenvalue weighted by molar-refractivity contribution is -0.140. The third kappa shape index (κ3) is 8.09. The highest BCUT2D eigenvalue weighted by molar-refractivity contribution is 9.10. The summed E-state index contributed by atoms with van der Waals surface area (Å²) in [6, 6.07) is 11.0. The Hall–Kier alpha value is -1.81. The summed E-state index contributed by atoms with van der Waals surface area (Å²) in [4.78, 5) is 28.7. The van der Waals surface area contributed by atoms with Gasteiger partial charge in [-0.3, -0.25) is 13.9 Å². The van der Waals surface area contributed by atoms with Gasteiger partial charge in [0.25, 0.3) is 0 Å². The van der Waals surface area contributed by atoms with Crippen LogP contribution in [0, 0.1) is 0 Å². The van der Waals surface area contributed by atoms with E-state index in [0.29, 0.717) is 32.2 Å². The van der Waals surface area contributed by atoms with Crippen molar-refractivity contribution >= 4 is 66.7 Å². The maximum Gasteiger partial charge on any atom is 0.244 e. The Morgan fingerprint density at radius 1 is 1.08 bits per heavy atom. The van der Waals surface area contributed by atoms with Gasteiger partial charge in [-0.2, -0.15) is 0 Å². The second-order valence-corrected chi connectivity index (χ2v) is 12.9. The monoisotopic (exact) mass is 631 g/mol. The average molecular weight is 633 g/mol. The number of anilines is 1. The predicted octanol–water partition coefficient (Wildman–Crippen LogP) is 5.78. The minimum atomic E-state index is -3.82. The lowest BCUT2D eigenvalue weighted by Crippen LogP contribution is -2.54. The van der Waals surface area contributed by atoms with Crippen LogP contribution in [-0.2, 0) is 26.2 Å². The van der Waals surface area contributed by atoms with Crippen molar-refractivity contribution in [3.05, 3.63) is 62.5 Å². The molecule has 3 rings (SSSR count). The van der Waals surface area contributed by atoms with E-state index in [9.17, 15) is 18.0 Å². The molecule has 1 atom stereocenters. The smallest absolute Gasteiger partial charge is 0.244 e. The van der Waals surface area contributed by atoms with E-state index >= 15 is 0 Å². The Morgan fingerprint density at radius 2 is 1.70 bits per heavy atom. The van der Waals surface area contributed by atoms with Gasteiger partial charge in [0, 0.05) is 32.7 Å². The Labute approximate surface area is 237 Å². The summed E-state index contributed by atoms with van der Waals surface area (Å²) in [5.41, 5.74) is 0.831. The third-order valence-corrected chi connectivity index (χ3v) is 8.85. The number of hydrogen-bond acceptors (Lipinski definition) is 4. The fourth-order valence-electron chi connectivity index (χ4n) is 4.56. The van der Waals surface area contributed by atoms with Gasteiger partial charge in [-0.05, 0) is 49.6 Å². The number of nitrogens with one attached hydrogen (secondary N) is 1. The Morgan fingerprint density at radius 3 is 2.27 bits per heavy atom. The molecule has 0 spiro atoms. The lowest BCUT2D eigenvalue weighted by atomic mass is 9.95. The van der Waals surface area contributed by atoms with Crippen LogP contribution >= 0.6 is 39.1 Å². The van der Waals surface area contributed by atoms with Crippen LogP contribution in [0.2, 0.25) is 10.0 Å². The Kier molecular flexibility index (Phi) is 10.7. The molecule has 2 amide bonds. The number of amides is 2. The molecule has 1 saturated carbocycles. The number of hydrogen-bond donors (Lipinski definition) is 1. The van der Waals surface area contributed by atoms with E-state index < -0.39 is 28.5 Å². The molecule has 0 aromatic heterocycles. The molecule has 1 N–H and O–H groups in total. The molecule has 1 aliphatic rings. The topological polar surface area (TPSA) is 86.8 Å². The molecule has 0 bridgehead atoms. The van der Waals surface area contributed by atoms with Crippen molar-refractivity contribution in [2.24, 2.45) is 0 Å². The standard InChI is InChI=1S/C26H32BrCl2N3O4S/c1-3-24(26(34)30-19-10-5-4-6-11-19)31(16-21-22(28)13-8-14-23(21)29)25(33)17-32(37(2,35)36)20-12-7-9-18(27)15-20/h7-9,12-15,19,24H,3-6,10-11,16-17H2,1-2H3,(H,30,34)/t24-/m1/s1. The molecule has 0 saturated heterocycles. The summed E-state index contributed by atoms with van der Waals surface area (Å²) in [6.45, 7) is 1.30. The number of nitrogens with zero attached hydrogens (tertiary/aromatic N) is 2. The van der Waals surface area contributed by atoms with Crippen LogP contribution in [0.3, 0.4) is 0 Å². The molecule has 1 aliphatic carbocycles. The van der Waals surface area contributed by atoms with Gasteiger partial charge in [-0.15, -0.1) is 0 Å². The van der Waals surface area contributed by atoms with Gasteiger partial charge in [-0.25, -0.2) is 8.42 Å². The molecule has 0 heterocycles. The Bertz CT molecular complexity index is 1200. The van der Waals surface area contributed by atoms with Crippen molar-refractivity contribution in [3.8, 4) is 0 Å². The van der Waals surface area contributed by atoms with Crippen molar-refractivity contribution in [3.63, 3.8) is 0 Å². The maximum absolute atomic E-state index is 13.8.